The quantitative estimate of drug-likeness (QED) is 0.655. The highest BCUT2D eigenvalue weighted by molar-refractivity contribution is 9.09. The van der Waals surface area contributed by atoms with Gasteiger partial charge in [-0.25, -0.2) is 8.78 Å². The molecule has 0 radical (unpaired) electrons. The maximum Gasteiger partial charge on any atom is 0.153 e. The third-order valence-corrected chi connectivity index (χ3v) is 2.75. The molecule has 1 rings (SSSR count). The Morgan fingerprint density at radius 2 is 1.94 bits per heavy atom. The minimum absolute atomic E-state index is 0.0185. The molecule has 2 atom stereocenters. The van der Waals surface area contributed by atoms with Crippen molar-refractivity contribution in [3.63, 3.8) is 0 Å². The van der Waals surface area contributed by atoms with Crippen LogP contribution >= 0.6 is 15.9 Å². The van der Waals surface area contributed by atoms with Gasteiger partial charge in [0.1, 0.15) is 17.7 Å². The summed E-state index contributed by atoms with van der Waals surface area (Å²) in [6.07, 6.45) is -2.62. The molecule has 0 bridgehead atoms. The van der Waals surface area contributed by atoms with Crippen molar-refractivity contribution in [1.82, 2.24) is 0 Å². The maximum atomic E-state index is 13.4. The first kappa shape index (κ1) is 13.2. The van der Waals surface area contributed by atoms with Gasteiger partial charge in [0.05, 0.1) is 11.7 Å². The summed E-state index contributed by atoms with van der Waals surface area (Å²) in [5.41, 5.74) is -0.808. The molecule has 0 spiro atoms. The molecule has 0 heterocycles. The SMILES string of the molecule is O=Cc1cc(F)c(C(O)C(O)CBr)cc1F. The van der Waals surface area contributed by atoms with E-state index in [2.05, 4.69) is 15.9 Å². The molecule has 6 heteroatoms. The second-order valence-electron chi connectivity index (χ2n) is 3.18. The molecule has 0 saturated carbocycles. The van der Waals surface area contributed by atoms with E-state index in [9.17, 15) is 23.8 Å². The number of hydrogen-bond acceptors (Lipinski definition) is 3. The van der Waals surface area contributed by atoms with Gasteiger partial charge in [-0.2, -0.15) is 0 Å². The molecule has 2 unspecified atom stereocenters. The van der Waals surface area contributed by atoms with Crippen LogP contribution in [0.15, 0.2) is 12.1 Å². The molecule has 88 valence electrons. The van der Waals surface area contributed by atoms with Crippen LogP contribution in [0.25, 0.3) is 0 Å². The molecule has 3 nitrogen and oxygen atoms in total. The first-order chi connectivity index (χ1) is 7.51. The Morgan fingerprint density at radius 3 is 2.44 bits per heavy atom. The van der Waals surface area contributed by atoms with Gasteiger partial charge in [-0.1, -0.05) is 15.9 Å². The molecule has 2 N–H and O–H groups in total. The number of aliphatic hydroxyl groups excluding tert-OH is 2. The van der Waals surface area contributed by atoms with E-state index in [1.807, 2.05) is 0 Å². The fraction of sp³-hybridized carbons (Fsp3) is 0.300. The lowest BCUT2D eigenvalue weighted by molar-refractivity contribution is 0.0318. The minimum Gasteiger partial charge on any atom is -0.389 e. The Balaban J connectivity index is 3.15. The van der Waals surface area contributed by atoms with Crippen molar-refractivity contribution in [2.24, 2.45) is 0 Å². The van der Waals surface area contributed by atoms with Crippen molar-refractivity contribution in [2.45, 2.75) is 12.2 Å². The van der Waals surface area contributed by atoms with Crippen LogP contribution in [0.2, 0.25) is 0 Å². The van der Waals surface area contributed by atoms with Gasteiger partial charge in [0.25, 0.3) is 0 Å². The predicted octanol–water partition coefficient (Wildman–Crippen LogP) is 1.57. The van der Waals surface area contributed by atoms with Crippen molar-refractivity contribution >= 4 is 22.2 Å². The Labute approximate surface area is 98.8 Å². The summed E-state index contributed by atoms with van der Waals surface area (Å²) in [5, 5.41) is 18.8. The molecular weight excluding hydrogens is 286 g/mol. The molecule has 1 aromatic carbocycles. The highest BCUT2D eigenvalue weighted by atomic mass is 79.9. The highest BCUT2D eigenvalue weighted by Gasteiger charge is 2.22. The van der Waals surface area contributed by atoms with E-state index in [4.69, 9.17) is 0 Å². The summed E-state index contributed by atoms with van der Waals surface area (Å²) in [7, 11) is 0. The van der Waals surface area contributed by atoms with Crippen LogP contribution in [-0.2, 0) is 0 Å². The lowest BCUT2D eigenvalue weighted by atomic mass is 10.0. The average molecular weight is 295 g/mol. The molecule has 0 aliphatic rings. The van der Waals surface area contributed by atoms with Crippen molar-refractivity contribution in [1.29, 1.82) is 0 Å². The fourth-order valence-corrected chi connectivity index (χ4v) is 1.54. The summed E-state index contributed by atoms with van der Waals surface area (Å²) in [5.74, 6) is -1.87. The lowest BCUT2D eigenvalue weighted by Gasteiger charge is -2.16. The monoisotopic (exact) mass is 294 g/mol. The van der Waals surface area contributed by atoms with Gasteiger partial charge in [0, 0.05) is 10.9 Å². The van der Waals surface area contributed by atoms with Crippen molar-refractivity contribution in [3.05, 3.63) is 34.9 Å². The fourth-order valence-electron chi connectivity index (χ4n) is 1.19. The van der Waals surface area contributed by atoms with Crippen molar-refractivity contribution < 1.29 is 23.8 Å². The summed E-state index contributed by atoms with van der Waals surface area (Å²) >= 11 is 2.90. The zero-order valence-electron chi connectivity index (χ0n) is 8.03. The summed E-state index contributed by atoms with van der Waals surface area (Å²) in [4.78, 5) is 10.3. The highest BCUT2D eigenvalue weighted by Crippen LogP contribution is 2.23. The lowest BCUT2D eigenvalue weighted by Crippen LogP contribution is -2.21. The van der Waals surface area contributed by atoms with E-state index >= 15 is 0 Å². The van der Waals surface area contributed by atoms with Gasteiger partial charge < -0.3 is 10.2 Å². The number of carbonyl (C=O) groups excluding carboxylic acids is 1. The number of alkyl halides is 1. The summed E-state index contributed by atoms with van der Waals surface area (Å²) in [6, 6.07) is 1.39. The number of benzene rings is 1. The summed E-state index contributed by atoms with van der Waals surface area (Å²) in [6.45, 7) is 0. The molecule has 0 aliphatic carbocycles. The van der Waals surface area contributed by atoms with E-state index in [1.54, 1.807) is 0 Å². The summed E-state index contributed by atoms with van der Waals surface area (Å²) < 4.78 is 26.5. The van der Waals surface area contributed by atoms with Crippen LogP contribution in [0, 0.1) is 11.6 Å². The van der Waals surface area contributed by atoms with Gasteiger partial charge >= 0.3 is 0 Å². The number of aldehydes is 1. The first-order valence-corrected chi connectivity index (χ1v) is 5.49. The van der Waals surface area contributed by atoms with Crippen LogP contribution in [-0.4, -0.2) is 27.9 Å². The first-order valence-electron chi connectivity index (χ1n) is 4.37. The van der Waals surface area contributed by atoms with Crippen molar-refractivity contribution in [3.8, 4) is 0 Å². The van der Waals surface area contributed by atoms with Gasteiger partial charge in [0.15, 0.2) is 6.29 Å². The third-order valence-electron chi connectivity index (χ3n) is 2.08. The number of carbonyl (C=O) groups is 1. The second-order valence-corrected chi connectivity index (χ2v) is 3.83. The third kappa shape index (κ3) is 2.63. The topological polar surface area (TPSA) is 57.5 Å². The average Bonchev–Trinajstić information content (AvgIpc) is 2.29. The minimum atomic E-state index is -1.55. The second kappa shape index (κ2) is 5.47. The number of halogens is 3. The van der Waals surface area contributed by atoms with Crippen LogP contribution < -0.4 is 0 Å². The van der Waals surface area contributed by atoms with Gasteiger partial charge in [-0.3, -0.25) is 4.79 Å². The maximum absolute atomic E-state index is 13.4. The smallest absolute Gasteiger partial charge is 0.153 e. The number of rotatable bonds is 4. The zero-order valence-corrected chi connectivity index (χ0v) is 9.62. The van der Waals surface area contributed by atoms with E-state index in [0.29, 0.717) is 12.1 Å². The van der Waals surface area contributed by atoms with Crippen LogP contribution in [0.5, 0.6) is 0 Å². The van der Waals surface area contributed by atoms with E-state index < -0.39 is 29.4 Å². The molecule has 16 heavy (non-hydrogen) atoms. The van der Waals surface area contributed by atoms with E-state index in [0.717, 1.165) is 0 Å². The molecule has 0 fully saturated rings. The van der Waals surface area contributed by atoms with Crippen LogP contribution in [0.1, 0.15) is 22.0 Å². The Bertz CT molecular complexity index is 398. The zero-order chi connectivity index (χ0) is 12.3. The normalized spacial score (nSPS) is 14.6. The van der Waals surface area contributed by atoms with Crippen molar-refractivity contribution in [2.75, 3.05) is 5.33 Å². The molecule has 0 amide bonds. The van der Waals surface area contributed by atoms with Gasteiger partial charge in [-0.05, 0) is 12.1 Å². The molecular formula is C10H9BrF2O3. The Kier molecular flexibility index (Phi) is 4.52. The standard InChI is InChI=1S/C10H9BrF2O3/c11-3-9(15)10(16)6-2-7(12)5(4-14)1-8(6)13/h1-2,4,9-10,15-16H,3H2. The number of aliphatic hydroxyl groups is 2. The van der Waals surface area contributed by atoms with Crippen LogP contribution in [0.4, 0.5) is 8.78 Å². The molecule has 0 aliphatic heterocycles. The predicted molar refractivity (Wildman–Crippen MR) is 56.5 cm³/mol. The van der Waals surface area contributed by atoms with E-state index in [1.165, 1.54) is 0 Å². The molecule has 0 aromatic heterocycles. The molecule has 0 saturated heterocycles. The number of hydrogen-bond donors (Lipinski definition) is 2. The van der Waals surface area contributed by atoms with Gasteiger partial charge in [-0.15, -0.1) is 0 Å². The van der Waals surface area contributed by atoms with Gasteiger partial charge in [0.2, 0.25) is 0 Å². The van der Waals surface area contributed by atoms with Crippen LogP contribution in [0.3, 0.4) is 0 Å². The molecule has 1 aromatic rings. The largest absolute Gasteiger partial charge is 0.389 e. The Hall–Kier alpha value is -0.850. The Morgan fingerprint density at radius 1 is 1.31 bits per heavy atom. The van der Waals surface area contributed by atoms with E-state index in [-0.39, 0.29) is 17.2 Å².